The molecule has 2 aliphatic heterocycles. The normalized spacial score (nSPS) is 23.6. The number of anilines is 1. The molecule has 2 fully saturated rings. The van der Waals surface area contributed by atoms with Gasteiger partial charge in [-0.3, -0.25) is 9.59 Å². The van der Waals surface area contributed by atoms with Crippen molar-refractivity contribution in [2.75, 3.05) is 24.7 Å². The average Bonchev–Trinajstić information content (AvgIpc) is 3.24. The van der Waals surface area contributed by atoms with E-state index in [1.807, 2.05) is 18.2 Å². The van der Waals surface area contributed by atoms with E-state index in [1.165, 1.54) is 0 Å². The summed E-state index contributed by atoms with van der Waals surface area (Å²) < 4.78 is 11.1. The quantitative estimate of drug-likeness (QED) is 0.919. The molecule has 0 radical (unpaired) electrons. The lowest BCUT2D eigenvalue weighted by atomic mass is 10.1. The fraction of sp³-hybridized carbons (Fsp3) is 0.556. The highest BCUT2D eigenvalue weighted by Crippen LogP contribution is 2.35. The van der Waals surface area contributed by atoms with E-state index in [4.69, 9.17) is 9.47 Å². The summed E-state index contributed by atoms with van der Waals surface area (Å²) in [6.45, 7) is 1.58. The minimum absolute atomic E-state index is 0.0309. The van der Waals surface area contributed by atoms with Gasteiger partial charge in [0.05, 0.1) is 6.04 Å². The second kappa shape index (κ2) is 6.34. The summed E-state index contributed by atoms with van der Waals surface area (Å²) in [6, 6.07) is 5.43. The standard InChI is InChI=1S/C18H22N2O4/c21-17-9-13(19-18(22)12-3-1-2-4-12)11-20(17)14-5-6-15-16(10-14)24-8-7-23-15/h5-6,10,12-13H,1-4,7-9,11H2,(H,19,22)/t13-/m1/s1. The molecule has 24 heavy (non-hydrogen) atoms. The summed E-state index contributed by atoms with van der Waals surface area (Å²) in [5.41, 5.74) is 0.793. The Bertz CT molecular complexity index is 654. The summed E-state index contributed by atoms with van der Waals surface area (Å²) in [7, 11) is 0. The summed E-state index contributed by atoms with van der Waals surface area (Å²) in [5.74, 6) is 1.65. The average molecular weight is 330 g/mol. The van der Waals surface area contributed by atoms with Gasteiger partial charge in [0, 0.05) is 30.6 Å². The minimum atomic E-state index is -0.112. The molecule has 1 aromatic rings. The van der Waals surface area contributed by atoms with Crippen LogP contribution in [-0.4, -0.2) is 37.6 Å². The van der Waals surface area contributed by atoms with Crippen molar-refractivity contribution in [2.45, 2.75) is 38.1 Å². The van der Waals surface area contributed by atoms with Crippen molar-refractivity contribution >= 4 is 17.5 Å². The summed E-state index contributed by atoms with van der Waals surface area (Å²) in [6.07, 6.45) is 4.56. The van der Waals surface area contributed by atoms with Gasteiger partial charge in [-0.05, 0) is 25.0 Å². The third kappa shape index (κ3) is 2.92. The molecule has 2 heterocycles. The number of rotatable bonds is 3. The molecule has 1 saturated heterocycles. The van der Waals surface area contributed by atoms with Crippen LogP contribution in [0.25, 0.3) is 0 Å². The van der Waals surface area contributed by atoms with E-state index in [0.717, 1.165) is 31.4 Å². The molecule has 1 aliphatic carbocycles. The highest BCUT2D eigenvalue weighted by Gasteiger charge is 2.34. The van der Waals surface area contributed by atoms with E-state index in [2.05, 4.69) is 5.32 Å². The number of hydrogen-bond acceptors (Lipinski definition) is 4. The van der Waals surface area contributed by atoms with Crippen LogP contribution in [0, 0.1) is 5.92 Å². The van der Waals surface area contributed by atoms with E-state index < -0.39 is 0 Å². The van der Waals surface area contributed by atoms with Crippen molar-refractivity contribution in [3.8, 4) is 11.5 Å². The Morgan fingerprint density at radius 3 is 2.67 bits per heavy atom. The summed E-state index contributed by atoms with van der Waals surface area (Å²) in [4.78, 5) is 26.3. The molecule has 4 rings (SSSR count). The monoisotopic (exact) mass is 330 g/mol. The Balaban J connectivity index is 1.43. The van der Waals surface area contributed by atoms with Crippen molar-refractivity contribution in [3.05, 3.63) is 18.2 Å². The van der Waals surface area contributed by atoms with Crippen molar-refractivity contribution < 1.29 is 19.1 Å². The lowest BCUT2D eigenvalue weighted by molar-refractivity contribution is -0.125. The van der Waals surface area contributed by atoms with Gasteiger partial charge in [0.2, 0.25) is 11.8 Å². The largest absolute Gasteiger partial charge is 0.486 e. The highest BCUT2D eigenvalue weighted by molar-refractivity contribution is 5.97. The fourth-order valence-corrected chi connectivity index (χ4v) is 3.76. The molecule has 1 atom stereocenters. The van der Waals surface area contributed by atoms with Crippen molar-refractivity contribution in [3.63, 3.8) is 0 Å². The number of hydrogen-bond donors (Lipinski definition) is 1. The van der Waals surface area contributed by atoms with Crippen molar-refractivity contribution in [1.82, 2.24) is 5.32 Å². The first-order chi connectivity index (χ1) is 11.7. The van der Waals surface area contributed by atoms with Gasteiger partial charge in [-0.25, -0.2) is 0 Å². The maximum Gasteiger partial charge on any atom is 0.229 e. The molecule has 0 bridgehead atoms. The topological polar surface area (TPSA) is 67.9 Å². The third-order valence-electron chi connectivity index (χ3n) is 5.03. The molecule has 6 heteroatoms. The minimum Gasteiger partial charge on any atom is -0.486 e. The van der Waals surface area contributed by atoms with Crippen LogP contribution in [-0.2, 0) is 9.59 Å². The number of nitrogens with zero attached hydrogens (tertiary/aromatic N) is 1. The van der Waals surface area contributed by atoms with Crippen LogP contribution in [0.1, 0.15) is 32.1 Å². The van der Waals surface area contributed by atoms with E-state index in [1.54, 1.807) is 4.90 Å². The molecule has 1 saturated carbocycles. The van der Waals surface area contributed by atoms with E-state index in [-0.39, 0.29) is 23.8 Å². The van der Waals surface area contributed by atoms with E-state index in [9.17, 15) is 9.59 Å². The lowest BCUT2D eigenvalue weighted by Crippen LogP contribution is -2.40. The van der Waals surface area contributed by atoms with Crippen molar-refractivity contribution in [1.29, 1.82) is 0 Å². The Labute approximate surface area is 141 Å². The van der Waals surface area contributed by atoms with Crippen LogP contribution in [0.5, 0.6) is 11.5 Å². The summed E-state index contributed by atoms with van der Waals surface area (Å²) in [5, 5.41) is 3.06. The van der Waals surface area contributed by atoms with Gasteiger partial charge in [-0.2, -0.15) is 0 Å². The molecule has 1 aromatic carbocycles. The predicted molar refractivity (Wildman–Crippen MR) is 88.3 cm³/mol. The molecule has 1 N–H and O–H groups in total. The van der Waals surface area contributed by atoms with E-state index in [0.29, 0.717) is 37.7 Å². The Morgan fingerprint density at radius 1 is 1.12 bits per heavy atom. The zero-order chi connectivity index (χ0) is 16.5. The molecule has 3 aliphatic rings. The van der Waals surface area contributed by atoms with Crippen molar-refractivity contribution in [2.24, 2.45) is 5.92 Å². The van der Waals surface area contributed by atoms with Crippen LogP contribution in [0.2, 0.25) is 0 Å². The Kier molecular flexibility index (Phi) is 4.04. The molecule has 0 aromatic heterocycles. The molecule has 128 valence electrons. The second-order valence-corrected chi connectivity index (χ2v) is 6.72. The predicted octanol–water partition coefficient (Wildman–Crippen LogP) is 1.87. The van der Waals surface area contributed by atoms with Gasteiger partial charge in [-0.1, -0.05) is 12.8 Å². The first-order valence-electron chi connectivity index (χ1n) is 8.71. The fourth-order valence-electron chi connectivity index (χ4n) is 3.76. The van der Waals surface area contributed by atoms with Crippen LogP contribution >= 0.6 is 0 Å². The molecular formula is C18H22N2O4. The second-order valence-electron chi connectivity index (χ2n) is 6.72. The van der Waals surface area contributed by atoms with Gasteiger partial charge < -0.3 is 19.7 Å². The highest BCUT2D eigenvalue weighted by atomic mass is 16.6. The zero-order valence-electron chi connectivity index (χ0n) is 13.6. The third-order valence-corrected chi connectivity index (χ3v) is 5.03. The molecule has 0 unspecified atom stereocenters. The number of benzene rings is 1. The number of nitrogens with one attached hydrogen (secondary N) is 1. The number of amides is 2. The summed E-state index contributed by atoms with van der Waals surface area (Å²) >= 11 is 0. The van der Waals surface area contributed by atoms with Gasteiger partial charge in [0.15, 0.2) is 11.5 Å². The molecule has 0 spiro atoms. The Hall–Kier alpha value is -2.24. The maximum absolute atomic E-state index is 12.4. The van der Waals surface area contributed by atoms with Crippen LogP contribution in [0.15, 0.2) is 18.2 Å². The maximum atomic E-state index is 12.4. The zero-order valence-corrected chi connectivity index (χ0v) is 13.6. The van der Waals surface area contributed by atoms with Gasteiger partial charge >= 0.3 is 0 Å². The number of carbonyl (C=O) groups is 2. The van der Waals surface area contributed by atoms with E-state index >= 15 is 0 Å². The van der Waals surface area contributed by atoms with Gasteiger partial charge in [0.25, 0.3) is 0 Å². The molecule has 2 amide bonds. The first kappa shape index (κ1) is 15.3. The smallest absolute Gasteiger partial charge is 0.229 e. The Morgan fingerprint density at radius 2 is 1.88 bits per heavy atom. The van der Waals surface area contributed by atoms with Crippen LogP contribution in [0.3, 0.4) is 0 Å². The van der Waals surface area contributed by atoms with Crippen LogP contribution < -0.4 is 19.7 Å². The molecular weight excluding hydrogens is 308 g/mol. The van der Waals surface area contributed by atoms with Gasteiger partial charge in [-0.15, -0.1) is 0 Å². The van der Waals surface area contributed by atoms with Crippen LogP contribution in [0.4, 0.5) is 5.69 Å². The SMILES string of the molecule is O=C(N[C@@H]1CC(=O)N(c2ccc3c(c2)OCCO3)C1)C1CCCC1. The lowest BCUT2D eigenvalue weighted by Gasteiger charge is -2.22. The number of carbonyl (C=O) groups excluding carboxylic acids is 2. The number of fused-ring (bicyclic) bond motifs is 1. The molecule has 6 nitrogen and oxygen atoms in total. The first-order valence-corrected chi connectivity index (χ1v) is 8.71. The van der Waals surface area contributed by atoms with Gasteiger partial charge in [0.1, 0.15) is 13.2 Å². The number of ether oxygens (including phenoxy) is 2.